The number of carbonyl (C=O) groups is 3. The minimum atomic E-state index is -1.19. The highest BCUT2D eigenvalue weighted by molar-refractivity contribution is 5.89. The van der Waals surface area contributed by atoms with Crippen LogP contribution in [0.3, 0.4) is 0 Å². The molecule has 1 aromatic carbocycles. The summed E-state index contributed by atoms with van der Waals surface area (Å²) in [7, 11) is 0. The zero-order valence-corrected chi connectivity index (χ0v) is 16.1. The van der Waals surface area contributed by atoms with Crippen LogP contribution in [-0.4, -0.2) is 53.3 Å². The van der Waals surface area contributed by atoms with Crippen molar-refractivity contribution in [3.8, 4) is 0 Å². The predicted octanol–water partition coefficient (Wildman–Crippen LogP) is 2.30. The molecule has 2 atom stereocenters. The van der Waals surface area contributed by atoms with Gasteiger partial charge in [-0.1, -0.05) is 30.3 Å². The first kappa shape index (κ1) is 21.4. The number of ether oxygens (including phenoxy) is 2. The molecule has 8 nitrogen and oxygen atoms in total. The normalized spacial score (nSPS) is 17.9. The van der Waals surface area contributed by atoms with Crippen LogP contribution in [0.1, 0.15) is 32.3 Å². The second-order valence-corrected chi connectivity index (χ2v) is 6.42. The SMILES string of the molecule is CCO[C@H](C)/C(=C\C(=O)O)NC(=O)[C@@H]1CCCN1C(=O)OCc1ccccc1. The minimum absolute atomic E-state index is 0.121. The Bertz CT molecular complexity index is 719. The smallest absolute Gasteiger partial charge is 0.410 e. The third-order valence-corrected chi connectivity index (χ3v) is 4.40. The topological polar surface area (TPSA) is 105 Å². The second-order valence-electron chi connectivity index (χ2n) is 6.42. The number of likely N-dealkylation sites (tertiary alicyclic amines) is 1. The fourth-order valence-electron chi connectivity index (χ4n) is 3.01. The number of amides is 2. The molecule has 8 heteroatoms. The molecular formula is C20H26N2O6. The van der Waals surface area contributed by atoms with Gasteiger partial charge < -0.3 is 19.9 Å². The van der Waals surface area contributed by atoms with Gasteiger partial charge in [-0.3, -0.25) is 9.69 Å². The molecule has 28 heavy (non-hydrogen) atoms. The number of nitrogens with zero attached hydrogens (tertiary/aromatic N) is 1. The molecule has 1 aromatic rings. The number of carbonyl (C=O) groups excluding carboxylic acids is 2. The van der Waals surface area contributed by atoms with Crippen molar-refractivity contribution in [1.29, 1.82) is 0 Å². The van der Waals surface area contributed by atoms with Crippen molar-refractivity contribution < 1.29 is 29.0 Å². The fourth-order valence-corrected chi connectivity index (χ4v) is 3.01. The van der Waals surface area contributed by atoms with Crippen molar-refractivity contribution in [2.24, 2.45) is 0 Å². The van der Waals surface area contributed by atoms with Gasteiger partial charge >= 0.3 is 12.1 Å². The van der Waals surface area contributed by atoms with Gasteiger partial charge in [0.1, 0.15) is 12.6 Å². The van der Waals surface area contributed by atoms with Crippen LogP contribution >= 0.6 is 0 Å². The zero-order valence-electron chi connectivity index (χ0n) is 16.1. The number of nitrogens with one attached hydrogen (secondary N) is 1. The number of benzene rings is 1. The maximum atomic E-state index is 12.7. The highest BCUT2D eigenvalue weighted by Gasteiger charge is 2.35. The molecule has 0 aromatic heterocycles. The maximum absolute atomic E-state index is 12.7. The van der Waals surface area contributed by atoms with E-state index in [1.54, 1.807) is 13.8 Å². The van der Waals surface area contributed by atoms with Gasteiger partial charge in [-0.2, -0.15) is 0 Å². The highest BCUT2D eigenvalue weighted by atomic mass is 16.6. The lowest BCUT2D eigenvalue weighted by atomic mass is 10.2. The molecule has 0 radical (unpaired) electrons. The van der Waals surface area contributed by atoms with Crippen molar-refractivity contribution in [2.45, 2.75) is 45.4 Å². The molecule has 1 aliphatic rings. The molecule has 0 spiro atoms. The van der Waals surface area contributed by atoms with Crippen LogP contribution in [0.4, 0.5) is 4.79 Å². The van der Waals surface area contributed by atoms with Gasteiger partial charge in [-0.05, 0) is 32.3 Å². The molecule has 0 bridgehead atoms. The quantitative estimate of drug-likeness (QED) is 0.660. The van der Waals surface area contributed by atoms with E-state index >= 15 is 0 Å². The van der Waals surface area contributed by atoms with E-state index in [9.17, 15) is 14.4 Å². The van der Waals surface area contributed by atoms with E-state index in [1.807, 2.05) is 30.3 Å². The van der Waals surface area contributed by atoms with Crippen molar-refractivity contribution in [3.05, 3.63) is 47.7 Å². The Morgan fingerprint density at radius 3 is 2.68 bits per heavy atom. The van der Waals surface area contributed by atoms with Gasteiger partial charge in [-0.15, -0.1) is 0 Å². The Morgan fingerprint density at radius 1 is 1.32 bits per heavy atom. The van der Waals surface area contributed by atoms with Crippen LogP contribution in [0.25, 0.3) is 0 Å². The minimum Gasteiger partial charge on any atom is -0.478 e. The number of hydrogen-bond donors (Lipinski definition) is 2. The van der Waals surface area contributed by atoms with E-state index in [0.29, 0.717) is 26.0 Å². The standard InChI is InChI=1S/C20H26N2O6/c1-3-27-14(2)16(12-18(23)24)21-19(25)17-10-7-11-22(17)20(26)28-13-15-8-5-4-6-9-15/h4-6,8-9,12,14,17H,3,7,10-11,13H2,1-2H3,(H,21,25)(H,23,24)/b16-12+/t14-,17+/m1/s1. The largest absolute Gasteiger partial charge is 0.478 e. The molecule has 1 saturated heterocycles. The Morgan fingerprint density at radius 2 is 2.04 bits per heavy atom. The maximum Gasteiger partial charge on any atom is 0.410 e. The molecular weight excluding hydrogens is 364 g/mol. The van der Waals surface area contributed by atoms with Crippen LogP contribution in [-0.2, 0) is 25.7 Å². The molecule has 1 aliphatic heterocycles. The molecule has 152 valence electrons. The number of carboxylic acids is 1. The van der Waals surface area contributed by atoms with E-state index in [2.05, 4.69) is 5.32 Å². The number of rotatable bonds is 8. The first-order valence-corrected chi connectivity index (χ1v) is 9.26. The monoisotopic (exact) mass is 390 g/mol. The second kappa shape index (κ2) is 10.5. The molecule has 2 rings (SSSR count). The van der Waals surface area contributed by atoms with E-state index < -0.39 is 30.1 Å². The summed E-state index contributed by atoms with van der Waals surface area (Å²) in [4.78, 5) is 37.5. The highest BCUT2D eigenvalue weighted by Crippen LogP contribution is 2.20. The summed E-state index contributed by atoms with van der Waals surface area (Å²) in [6, 6.07) is 8.56. The van der Waals surface area contributed by atoms with Crippen LogP contribution in [0.2, 0.25) is 0 Å². The van der Waals surface area contributed by atoms with E-state index in [-0.39, 0.29) is 12.3 Å². The van der Waals surface area contributed by atoms with Crippen LogP contribution in [0.5, 0.6) is 0 Å². The number of aliphatic carboxylic acids is 1. The first-order chi connectivity index (χ1) is 13.4. The van der Waals surface area contributed by atoms with E-state index in [4.69, 9.17) is 14.6 Å². The van der Waals surface area contributed by atoms with Crippen molar-refractivity contribution in [3.63, 3.8) is 0 Å². The number of carboxylic acid groups (broad SMARTS) is 1. The summed E-state index contributed by atoms with van der Waals surface area (Å²) in [5.74, 6) is -1.64. The summed E-state index contributed by atoms with van der Waals surface area (Å²) >= 11 is 0. The van der Waals surface area contributed by atoms with Gasteiger partial charge in [-0.25, -0.2) is 9.59 Å². The molecule has 2 amide bonds. The van der Waals surface area contributed by atoms with Crippen molar-refractivity contribution in [1.82, 2.24) is 10.2 Å². The molecule has 0 aliphatic carbocycles. The molecule has 1 fully saturated rings. The van der Waals surface area contributed by atoms with Crippen LogP contribution in [0.15, 0.2) is 42.1 Å². The average Bonchev–Trinajstić information content (AvgIpc) is 3.16. The van der Waals surface area contributed by atoms with E-state index in [0.717, 1.165) is 11.6 Å². The van der Waals surface area contributed by atoms with Gasteiger partial charge in [0.25, 0.3) is 0 Å². The van der Waals surface area contributed by atoms with Crippen LogP contribution in [0, 0.1) is 0 Å². The molecule has 1 heterocycles. The third kappa shape index (κ3) is 6.09. The third-order valence-electron chi connectivity index (χ3n) is 4.40. The van der Waals surface area contributed by atoms with Gasteiger partial charge in [0.05, 0.1) is 11.8 Å². The average molecular weight is 390 g/mol. The molecule has 2 N–H and O–H groups in total. The Hall–Kier alpha value is -2.87. The summed E-state index contributed by atoms with van der Waals surface area (Å²) in [5, 5.41) is 11.6. The lowest BCUT2D eigenvalue weighted by molar-refractivity contribution is -0.131. The fraction of sp³-hybridized carbons (Fsp3) is 0.450. The van der Waals surface area contributed by atoms with Gasteiger partial charge in [0.2, 0.25) is 5.91 Å². The summed E-state index contributed by atoms with van der Waals surface area (Å²) in [6.07, 6.45) is 0.895. The zero-order chi connectivity index (χ0) is 20.5. The predicted molar refractivity (Wildman–Crippen MR) is 101 cm³/mol. The Balaban J connectivity index is 2.00. The Labute approximate surface area is 164 Å². The van der Waals surface area contributed by atoms with E-state index in [1.165, 1.54) is 4.90 Å². The summed E-state index contributed by atoms with van der Waals surface area (Å²) in [6.45, 7) is 4.33. The lowest BCUT2D eigenvalue weighted by Crippen LogP contribution is -2.47. The molecule has 0 saturated carbocycles. The van der Waals surface area contributed by atoms with Crippen molar-refractivity contribution in [2.75, 3.05) is 13.2 Å². The summed E-state index contributed by atoms with van der Waals surface area (Å²) in [5.41, 5.74) is 0.997. The van der Waals surface area contributed by atoms with Gasteiger partial charge in [0, 0.05) is 19.2 Å². The first-order valence-electron chi connectivity index (χ1n) is 9.26. The Kier molecular flexibility index (Phi) is 8.01. The van der Waals surface area contributed by atoms with Gasteiger partial charge in [0.15, 0.2) is 0 Å². The summed E-state index contributed by atoms with van der Waals surface area (Å²) < 4.78 is 10.7. The van der Waals surface area contributed by atoms with Crippen molar-refractivity contribution >= 4 is 18.0 Å². The molecule has 0 unspecified atom stereocenters. The van der Waals surface area contributed by atoms with Crippen LogP contribution < -0.4 is 5.32 Å². The number of hydrogen-bond acceptors (Lipinski definition) is 5. The lowest BCUT2D eigenvalue weighted by Gasteiger charge is -2.25.